The Morgan fingerprint density at radius 1 is 1.00 bits per heavy atom. The Morgan fingerprint density at radius 2 is 1.82 bits per heavy atom. The molecule has 0 fully saturated rings. The fourth-order valence-corrected chi connectivity index (χ4v) is 3.22. The number of aromatic nitrogens is 2. The average Bonchev–Trinajstić information content (AvgIpc) is 2.74. The van der Waals surface area contributed by atoms with Crippen molar-refractivity contribution < 1.29 is 4.79 Å². The van der Waals surface area contributed by atoms with Gasteiger partial charge in [0, 0.05) is 34.9 Å². The molecule has 2 aromatic carbocycles. The highest BCUT2D eigenvalue weighted by Gasteiger charge is 2.13. The predicted octanol–water partition coefficient (Wildman–Crippen LogP) is 4.92. The summed E-state index contributed by atoms with van der Waals surface area (Å²) in [6.45, 7) is 0.539. The van der Waals surface area contributed by atoms with Crippen LogP contribution < -0.4 is 5.32 Å². The number of pyridine rings is 2. The monoisotopic (exact) mass is 387 g/mol. The van der Waals surface area contributed by atoms with Crippen molar-refractivity contribution in [3.63, 3.8) is 0 Å². The van der Waals surface area contributed by atoms with Gasteiger partial charge in [-0.25, -0.2) is 4.98 Å². The van der Waals surface area contributed by atoms with Crippen LogP contribution >= 0.6 is 11.6 Å². The second-order valence-electron chi connectivity index (χ2n) is 6.45. The molecule has 2 heterocycles. The topological polar surface area (TPSA) is 54.9 Å². The fraction of sp³-hybridized carbons (Fsp3) is 0.0870. The van der Waals surface area contributed by atoms with Crippen LogP contribution in [-0.2, 0) is 6.42 Å². The van der Waals surface area contributed by atoms with Crippen LogP contribution in [0.3, 0.4) is 0 Å². The lowest BCUT2D eigenvalue weighted by Crippen LogP contribution is -2.26. The number of hydrogen-bond donors (Lipinski definition) is 1. The minimum absolute atomic E-state index is 0.113. The Bertz CT molecular complexity index is 1110. The van der Waals surface area contributed by atoms with Crippen LogP contribution in [0.25, 0.3) is 22.2 Å². The Morgan fingerprint density at radius 3 is 2.61 bits per heavy atom. The van der Waals surface area contributed by atoms with E-state index in [2.05, 4.69) is 10.3 Å². The molecule has 4 nitrogen and oxygen atoms in total. The molecule has 1 amide bonds. The Kier molecular flexibility index (Phi) is 5.31. The number of nitrogens with one attached hydrogen (secondary N) is 1. The van der Waals surface area contributed by atoms with Crippen LogP contribution in [0.15, 0.2) is 79.1 Å². The molecule has 2 aromatic heterocycles. The lowest BCUT2D eigenvalue weighted by Gasteiger charge is -2.11. The minimum atomic E-state index is -0.113. The van der Waals surface area contributed by atoms with E-state index in [1.807, 2.05) is 72.9 Å². The lowest BCUT2D eigenvalue weighted by atomic mass is 10.0. The highest BCUT2D eigenvalue weighted by Crippen LogP contribution is 2.26. The summed E-state index contributed by atoms with van der Waals surface area (Å²) in [5.41, 5.74) is 4.14. The first-order valence-corrected chi connectivity index (χ1v) is 9.41. The zero-order valence-corrected chi connectivity index (χ0v) is 15.9. The van der Waals surface area contributed by atoms with Gasteiger partial charge in [-0.3, -0.25) is 9.78 Å². The zero-order valence-electron chi connectivity index (χ0n) is 15.1. The van der Waals surface area contributed by atoms with E-state index in [9.17, 15) is 4.79 Å². The van der Waals surface area contributed by atoms with Gasteiger partial charge in [-0.05, 0) is 42.3 Å². The van der Waals surface area contributed by atoms with Crippen molar-refractivity contribution in [2.24, 2.45) is 0 Å². The highest BCUT2D eigenvalue weighted by atomic mass is 35.5. The predicted molar refractivity (Wildman–Crippen MR) is 112 cm³/mol. The summed E-state index contributed by atoms with van der Waals surface area (Å²) in [4.78, 5) is 21.7. The van der Waals surface area contributed by atoms with Crippen LogP contribution in [0.5, 0.6) is 0 Å². The SMILES string of the molecule is O=C(NCCc1cccnc1)c1cc(-c2ccc(Cl)cc2)nc2ccccc12. The van der Waals surface area contributed by atoms with E-state index in [0.29, 0.717) is 17.1 Å². The number of nitrogens with zero attached hydrogens (tertiary/aromatic N) is 2. The molecule has 28 heavy (non-hydrogen) atoms. The molecule has 0 unspecified atom stereocenters. The van der Waals surface area contributed by atoms with Gasteiger partial charge in [0.25, 0.3) is 5.91 Å². The van der Waals surface area contributed by atoms with Gasteiger partial charge in [0.15, 0.2) is 0 Å². The van der Waals surface area contributed by atoms with Gasteiger partial charge in [-0.15, -0.1) is 0 Å². The van der Waals surface area contributed by atoms with Gasteiger partial charge in [-0.1, -0.05) is 48.0 Å². The van der Waals surface area contributed by atoms with Crippen molar-refractivity contribution in [2.45, 2.75) is 6.42 Å². The number of rotatable bonds is 5. The summed E-state index contributed by atoms with van der Waals surface area (Å²) in [6.07, 6.45) is 4.28. The molecule has 0 aliphatic carbocycles. The Hall–Kier alpha value is -3.24. The molecule has 138 valence electrons. The second-order valence-corrected chi connectivity index (χ2v) is 6.88. The highest BCUT2D eigenvalue weighted by molar-refractivity contribution is 6.30. The number of carbonyl (C=O) groups excluding carboxylic acids is 1. The van der Waals surface area contributed by atoms with Crippen LogP contribution in [0.1, 0.15) is 15.9 Å². The van der Waals surface area contributed by atoms with Gasteiger partial charge in [0.2, 0.25) is 0 Å². The molecule has 0 aliphatic heterocycles. The first kappa shape index (κ1) is 18.1. The van der Waals surface area contributed by atoms with E-state index in [0.717, 1.165) is 34.1 Å². The maximum Gasteiger partial charge on any atom is 0.252 e. The molecule has 0 aliphatic rings. The van der Waals surface area contributed by atoms with E-state index in [4.69, 9.17) is 16.6 Å². The molecule has 1 N–H and O–H groups in total. The summed E-state index contributed by atoms with van der Waals surface area (Å²) in [5.74, 6) is -0.113. The second kappa shape index (κ2) is 8.19. The van der Waals surface area contributed by atoms with Crippen molar-refractivity contribution >= 4 is 28.4 Å². The molecule has 4 rings (SSSR count). The van der Waals surface area contributed by atoms with E-state index in [1.54, 1.807) is 6.20 Å². The smallest absolute Gasteiger partial charge is 0.252 e. The maximum absolute atomic E-state index is 12.9. The molecule has 5 heteroatoms. The zero-order chi connectivity index (χ0) is 19.3. The summed E-state index contributed by atoms with van der Waals surface area (Å²) in [5, 5.41) is 4.51. The van der Waals surface area contributed by atoms with Crippen molar-refractivity contribution in [3.05, 3.63) is 95.3 Å². The van der Waals surface area contributed by atoms with Crippen molar-refractivity contribution in [1.29, 1.82) is 0 Å². The number of benzene rings is 2. The van der Waals surface area contributed by atoms with Crippen molar-refractivity contribution in [2.75, 3.05) is 6.54 Å². The quantitative estimate of drug-likeness (QED) is 0.528. The van der Waals surface area contributed by atoms with Crippen LogP contribution in [-0.4, -0.2) is 22.4 Å². The van der Waals surface area contributed by atoms with E-state index >= 15 is 0 Å². The number of carbonyl (C=O) groups is 1. The van der Waals surface area contributed by atoms with Gasteiger partial charge in [0.1, 0.15) is 0 Å². The van der Waals surface area contributed by atoms with E-state index in [1.165, 1.54) is 0 Å². The van der Waals surface area contributed by atoms with Crippen molar-refractivity contribution in [3.8, 4) is 11.3 Å². The van der Waals surface area contributed by atoms with Crippen molar-refractivity contribution in [1.82, 2.24) is 15.3 Å². The lowest BCUT2D eigenvalue weighted by molar-refractivity contribution is 0.0955. The molecule has 0 spiro atoms. The molecule has 0 radical (unpaired) electrons. The third-order valence-corrected chi connectivity index (χ3v) is 4.77. The first-order valence-electron chi connectivity index (χ1n) is 9.03. The molecule has 4 aromatic rings. The summed E-state index contributed by atoms with van der Waals surface area (Å²) >= 11 is 5.99. The summed E-state index contributed by atoms with van der Waals surface area (Å²) in [6, 6.07) is 20.9. The number of amides is 1. The molecule has 0 bridgehead atoms. The summed E-state index contributed by atoms with van der Waals surface area (Å²) in [7, 11) is 0. The molecule has 0 atom stereocenters. The number of fused-ring (bicyclic) bond motifs is 1. The van der Waals surface area contributed by atoms with Gasteiger partial charge in [0.05, 0.1) is 16.8 Å². The number of halogens is 1. The van der Waals surface area contributed by atoms with Gasteiger partial charge in [-0.2, -0.15) is 0 Å². The van der Waals surface area contributed by atoms with E-state index in [-0.39, 0.29) is 5.91 Å². The molecule has 0 saturated heterocycles. The first-order chi connectivity index (χ1) is 13.7. The largest absolute Gasteiger partial charge is 0.352 e. The van der Waals surface area contributed by atoms with E-state index < -0.39 is 0 Å². The number of hydrogen-bond acceptors (Lipinski definition) is 3. The Labute approximate surface area is 168 Å². The van der Waals surface area contributed by atoms with Crippen LogP contribution in [0.2, 0.25) is 5.02 Å². The average molecular weight is 388 g/mol. The van der Waals surface area contributed by atoms with Crippen LogP contribution in [0, 0.1) is 0 Å². The Balaban J connectivity index is 1.63. The standard InChI is InChI=1S/C23H18ClN3O/c24-18-9-7-17(8-10-18)22-14-20(19-5-1-2-6-21(19)27-22)23(28)26-13-11-16-4-3-12-25-15-16/h1-10,12,14-15H,11,13H2,(H,26,28). The third-order valence-electron chi connectivity index (χ3n) is 4.52. The fourth-order valence-electron chi connectivity index (χ4n) is 3.09. The number of para-hydroxylation sites is 1. The minimum Gasteiger partial charge on any atom is -0.352 e. The third kappa shape index (κ3) is 4.02. The molecular formula is C23H18ClN3O. The van der Waals surface area contributed by atoms with Gasteiger partial charge >= 0.3 is 0 Å². The molecule has 0 saturated carbocycles. The van der Waals surface area contributed by atoms with Crippen LogP contribution in [0.4, 0.5) is 0 Å². The summed E-state index contributed by atoms with van der Waals surface area (Å²) < 4.78 is 0. The maximum atomic E-state index is 12.9. The van der Waals surface area contributed by atoms with Gasteiger partial charge < -0.3 is 5.32 Å². The normalized spacial score (nSPS) is 10.8. The molecular weight excluding hydrogens is 370 g/mol.